The molecule has 2 fully saturated rings. The van der Waals surface area contributed by atoms with Crippen molar-refractivity contribution in [1.29, 1.82) is 0 Å². The standard InChI is InChI=1S/C15H19NO3S/c17-14-3-2-11-6-16(8-13(11)14)7-12-5-10(9-20-12)1-4-15(18)19/h1,4-5,9,11,13-14,17H,2-3,6-8H2,(H,18,19)/b4-1+. The quantitative estimate of drug-likeness (QED) is 0.834. The molecule has 5 heteroatoms. The van der Waals surface area contributed by atoms with Crippen molar-refractivity contribution in [2.24, 2.45) is 11.8 Å². The van der Waals surface area contributed by atoms with E-state index in [1.165, 1.54) is 11.0 Å². The van der Waals surface area contributed by atoms with Crippen LogP contribution in [0.4, 0.5) is 0 Å². The van der Waals surface area contributed by atoms with E-state index in [2.05, 4.69) is 11.0 Å². The van der Waals surface area contributed by atoms with Crippen molar-refractivity contribution in [2.75, 3.05) is 13.1 Å². The number of hydrogen-bond donors (Lipinski definition) is 2. The maximum absolute atomic E-state index is 10.5. The van der Waals surface area contributed by atoms with Gasteiger partial charge in [-0.05, 0) is 41.8 Å². The van der Waals surface area contributed by atoms with Crippen LogP contribution < -0.4 is 0 Å². The van der Waals surface area contributed by atoms with Crippen molar-refractivity contribution in [3.63, 3.8) is 0 Å². The Kier molecular flexibility index (Phi) is 3.92. The molecule has 1 aromatic heterocycles. The number of likely N-dealkylation sites (tertiary alicyclic amines) is 1. The van der Waals surface area contributed by atoms with E-state index in [0.29, 0.717) is 11.8 Å². The van der Waals surface area contributed by atoms with E-state index in [9.17, 15) is 9.90 Å². The fourth-order valence-electron chi connectivity index (χ4n) is 3.41. The maximum Gasteiger partial charge on any atom is 0.328 e. The van der Waals surface area contributed by atoms with Crippen LogP contribution in [0.2, 0.25) is 0 Å². The largest absolute Gasteiger partial charge is 0.478 e. The smallest absolute Gasteiger partial charge is 0.328 e. The molecule has 2 N–H and O–H groups in total. The van der Waals surface area contributed by atoms with Crippen molar-refractivity contribution in [1.82, 2.24) is 4.90 Å². The number of aliphatic hydroxyl groups is 1. The summed E-state index contributed by atoms with van der Waals surface area (Å²) in [5, 5.41) is 20.5. The zero-order valence-corrected chi connectivity index (χ0v) is 12.1. The second kappa shape index (κ2) is 5.68. The Hall–Kier alpha value is -1.17. The Labute approximate surface area is 122 Å². The van der Waals surface area contributed by atoms with Gasteiger partial charge in [-0.25, -0.2) is 4.79 Å². The van der Waals surface area contributed by atoms with Crippen molar-refractivity contribution < 1.29 is 15.0 Å². The lowest BCUT2D eigenvalue weighted by atomic mass is 10.00. The fraction of sp³-hybridized carbons (Fsp3) is 0.533. The van der Waals surface area contributed by atoms with Crippen LogP contribution in [0.3, 0.4) is 0 Å². The van der Waals surface area contributed by atoms with Crippen LogP contribution in [-0.2, 0) is 11.3 Å². The summed E-state index contributed by atoms with van der Waals surface area (Å²) in [5.74, 6) is 0.205. The summed E-state index contributed by atoms with van der Waals surface area (Å²) in [6, 6.07) is 2.05. The number of aliphatic hydroxyl groups excluding tert-OH is 1. The molecular weight excluding hydrogens is 274 g/mol. The number of nitrogens with zero attached hydrogens (tertiary/aromatic N) is 1. The highest BCUT2D eigenvalue weighted by atomic mass is 32.1. The number of fused-ring (bicyclic) bond motifs is 1. The summed E-state index contributed by atoms with van der Waals surface area (Å²) in [4.78, 5) is 14.2. The first-order valence-electron chi connectivity index (χ1n) is 7.00. The SMILES string of the molecule is O=C(O)/C=C/c1csc(CN2CC3CCC(O)C3C2)c1. The minimum atomic E-state index is -0.917. The summed E-state index contributed by atoms with van der Waals surface area (Å²) in [6.45, 7) is 2.98. The molecule has 1 aliphatic carbocycles. The van der Waals surface area contributed by atoms with Crippen molar-refractivity contribution >= 4 is 23.4 Å². The highest BCUT2D eigenvalue weighted by Crippen LogP contribution is 2.38. The molecule has 0 radical (unpaired) electrons. The molecule has 3 unspecified atom stereocenters. The summed E-state index contributed by atoms with van der Waals surface area (Å²) in [5.41, 5.74) is 0.951. The Morgan fingerprint density at radius 1 is 1.45 bits per heavy atom. The number of hydrogen-bond acceptors (Lipinski definition) is 4. The normalized spacial score (nSPS) is 30.1. The molecule has 1 saturated carbocycles. The van der Waals surface area contributed by atoms with Gasteiger partial charge in [0.15, 0.2) is 0 Å². The van der Waals surface area contributed by atoms with Gasteiger partial charge in [0, 0.05) is 36.5 Å². The Bertz CT molecular complexity index is 525. The molecule has 1 aromatic rings. The van der Waals surface area contributed by atoms with E-state index in [0.717, 1.165) is 38.0 Å². The van der Waals surface area contributed by atoms with Crippen LogP contribution in [0, 0.1) is 11.8 Å². The molecule has 2 aliphatic rings. The Balaban J connectivity index is 1.58. The first-order valence-corrected chi connectivity index (χ1v) is 7.88. The first kappa shape index (κ1) is 13.8. The molecule has 108 valence electrons. The number of carbonyl (C=O) groups is 1. The minimum absolute atomic E-state index is 0.109. The van der Waals surface area contributed by atoms with Crippen molar-refractivity contribution in [3.8, 4) is 0 Å². The molecule has 0 spiro atoms. The topological polar surface area (TPSA) is 60.8 Å². The molecule has 20 heavy (non-hydrogen) atoms. The molecule has 0 amide bonds. The van der Waals surface area contributed by atoms with E-state index in [-0.39, 0.29) is 6.10 Å². The van der Waals surface area contributed by atoms with E-state index < -0.39 is 5.97 Å². The van der Waals surface area contributed by atoms with Gasteiger partial charge in [0.05, 0.1) is 6.10 Å². The van der Waals surface area contributed by atoms with E-state index >= 15 is 0 Å². The van der Waals surface area contributed by atoms with Gasteiger partial charge in [0.2, 0.25) is 0 Å². The number of carboxylic acids is 1. The summed E-state index contributed by atoms with van der Waals surface area (Å²) < 4.78 is 0. The third kappa shape index (κ3) is 2.95. The highest BCUT2D eigenvalue weighted by molar-refractivity contribution is 7.10. The lowest BCUT2D eigenvalue weighted by Crippen LogP contribution is -2.24. The molecular formula is C15H19NO3S. The predicted octanol–water partition coefficient (Wildman–Crippen LogP) is 2.05. The van der Waals surface area contributed by atoms with Gasteiger partial charge in [0.25, 0.3) is 0 Å². The van der Waals surface area contributed by atoms with Gasteiger partial charge in [-0.3, -0.25) is 4.90 Å². The van der Waals surface area contributed by atoms with Crippen molar-refractivity contribution in [2.45, 2.75) is 25.5 Å². The Morgan fingerprint density at radius 2 is 2.30 bits per heavy atom. The number of aliphatic carboxylic acids is 1. The van der Waals surface area contributed by atoms with Gasteiger partial charge in [-0.1, -0.05) is 0 Å². The van der Waals surface area contributed by atoms with Crippen LogP contribution in [0.1, 0.15) is 23.3 Å². The zero-order chi connectivity index (χ0) is 14.1. The second-order valence-electron chi connectivity index (χ2n) is 5.78. The highest BCUT2D eigenvalue weighted by Gasteiger charge is 2.41. The van der Waals surface area contributed by atoms with E-state index in [4.69, 9.17) is 5.11 Å². The molecule has 0 bridgehead atoms. The average Bonchev–Trinajstić information content (AvgIpc) is 3.07. The fourth-order valence-corrected chi connectivity index (χ4v) is 4.31. The predicted molar refractivity (Wildman–Crippen MR) is 78.5 cm³/mol. The van der Waals surface area contributed by atoms with Gasteiger partial charge in [-0.2, -0.15) is 0 Å². The van der Waals surface area contributed by atoms with Crippen LogP contribution in [0.25, 0.3) is 6.08 Å². The minimum Gasteiger partial charge on any atom is -0.478 e. The zero-order valence-electron chi connectivity index (χ0n) is 11.2. The van der Waals surface area contributed by atoms with E-state index in [1.807, 2.05) is 5.38 Å². The molecule has 1 aliphatic heterocycles. The molecule has 0 aromatic carbocycles. The third-order valence-electron chi connectivity index (χ3n) is 4.37. The first-order chi connectivity index (χ1) is 9.61. The van der Waals surface area contributed by atoms with Crippen molar-refractivity contribution in [3.05, 3.63) is 28.0 Å². The monoisotopic (exact) mass is 293 g/mol. The van der Waals surface area contributed by atoms with Crippen LogP contribution >= 0.6 is 11.3 Å². The maximum atomic E-state index is 10.5. The summed E-state index contributed by atoms with van der Waals surface area (Å²) >= 11 is 1.67. The molecule has 1 saturated heterocycles. The van der Waals surface area contributed by atoms with Gasteiger partial charge in [0.1, 0.15) is 0 Å². The molecule has 3 rings (SSSR count). The van der Waals surface area contributed by atoms with Gasteiger partial charge < -0.3 is 10.2 Å². The lowest BCUT2D eigenvalue weighted by Gasteiger charge is -2.16. The second-order valence-corrected chi connectivity index (χ2v) is 6.78. The number of rotatable bonds is 4. The molecule has 2 heterocycles. The molecule has 3 atom stereocenters. The van der Waals surface area contributed by atoms with Crippen LogP contribution in [0.15, 0.2) is 17.5 Å². The lowest BCUT2D eigenvalue weighted by molar-refractivity contribution is -0.131. The van der Waals surface area contributed by atoms with Crippen LogP contribution in [-0.4, -0.2) is 40.3 Å². The number of thiophene rings is 1. The van der Waals surface area contributed by atoms with Gasteiger partial charge >= 0.3 is 5.97 Å². The number of carboxylic acid groups (broad SMARTS) is 1. The van der Waals surface area contributed by atoms with Gasteiger partial charge in [-0.15, -0.1) is 11.3 Å². The molecule has 4 nitrogen and oxygen atoms in total. The third-order valence-corrected chi connectivity index (χ3v) is 5.31. The average molecular weight is 293 g/mol. The van der Waals surface area contributed by atoms with E-state index in [1.54, 1.807) is 17.4 Å². The summed E-state index contributed by atoms with van der Waals surface area (Å²) in [7, 11) is 0. The van der Waals surface area contributed by atoms with Crippen LogP contribution in [0.5, 0.6) is 0 Å². The Morgan fingerprint density at radius 3 is 3.05 bits per heavy atom. The summed E-state index contributed by atoms with van der Waals surface area (Å²) in [6.07, 6.45) is 4.81.